The first kappa shape index (κ1) is 13.3. The van der Waals surface area contributed by atoms with Gasteiger partial charge in [-0.2, -0.15) is 13.1 Å². The molecule has 0 bridgehead atoms. The van der Waals surface area contributed by atoms with Crippen molar-refractivity contribution >= 4 is 15.9 Å². The van der Waals surface area contributed by atoms with Crippen molar-refractivity contribution in [2.75, 3.05) is 31.0 Å². The minimum atomic E-state index is -3.39. The molecule has 2 rings (SSSR count). The van der Waals surface area contributed by atoms with E-state index in [9.17, 15) is 8.42 Å². The summed E-state index contributed by atoms with van der Waals surface area (Å²) in [5, 5.41) is 3.09. The second-order valence-electron chi connectivity index (χ2n) is 4.59. The molecule has 1 aromatic carbocycles. The zero-order chi connectivity index (χ0) is 13.2. The highest BCUT2D eigenvalue weighted by molar-refractivity contribution is 7.90. The Morgan fingerprint density at radius 2 is 2.17 bits per heavy atom. The summed E-state index contributed by atoms with van der Waals surface area (Å²) >= 11 is 0. The van der Waals surface area contributed by atoms with Gasteiger partial charge >= 0.3 is 10.2 Å². The zero-order valence-corrected chi connectivity index (χ0v) is 11.5. The number of nitrogens with one attached hydrogen (secondary N) is 2. The van der Waals surface area contributed by atoms with Crippen molar-refractivity contribution in [3.8, 4) is 0 Å². The Morgan fingerprint density at radius 3 is 2.83 bits per heavy atom. The number of nitrogens with zero attached hydrogens (tertiary/aromatic N) is 1. The highest BCUT2D eigenvalue weighted by Gasteiger charge is 2.31. The molecule has 0 spiro atoms. The first-order chi connectivity index (χ1) is 8.54. The van der Waals surface area contributed by atoms with Crippen LogP contribution in [0.2, 0.25) is 0 Å². The third-order valence-electron chi connectivity index (χ3n) is 3.15. The lowest BCUT2D eigenvalue weighted by molar-refractivity contribution is 0.464. The van der Waals surface area contributed by atoms with Gasteiger partial charge in [-0.05, 0) is 25.6 Å². The Bertz CT molecular complexity index is 516. The van der Waals surface area contributed by atoms with E-state index >= 15 is 0 Å². The normalized spacial score (nSPS) is 23.0. The van der Waals surface area contributed by atoms with Gasteiger partial charge in [0, 0.05) is 25.6 Å². The Hall–Kier alpha value is -1.11. The van der Waals surface area contributed by atoms with E-state index in [0.717, 1.165) is 17.8 Å². The van der Waals surface area contributed by atoms with Crippen molar-refractivity contribution < 1.29 is 8.42 Å². The maximum atomic E-state index is 12.1. The predicted molar refractivity (Wildman–Crippen MR) is 72.9 cm³/mol. The number of aryl methyl sites for hydroxylation is 1. The molecule has 0 saturated carbocycles. The van der Waals surface area contributed by atoms with Crippen LogP contribution in [0.3, 0.4) is 0 Å². The van der Waals surface area contributed by atoms with Gasteiger partial charge in [-0.1, -0.05) is 18.2 Å². The van der Waals surface area contributed by atoms with E-state index in [0.29, 0.717) is 13.1 Å². The highest BCUT2D eigenvalue weighted by atomic mass is 32.2. The van der Waals surface area contributed by atoms with Crippen LogP contribution in [0.4, 0.5) is 5.69 Å². The van der Waals surface area contributed by atoms with Crippen LogP contribution in [-0.2, 0) is 10.2 Å². The van der Waals surface area contributed by atoms with E-state index in [4.69, 9.17) is 0 Å². The van der Waals surface area contributed by atoms with Crippen LogP contribution in [0, 0.1) is 12.8 Å². The summed E-state index contributed by atoms with van der Waals surface area (Å²) in [7, 11) is -1.52. The van der Waals surface area contributed by atoms with E-state index < -0.39 is 10.2 Å². The standard InChI is InChI=1S/C12H19N3O2S/c1-10-5-3-4-6-12(10)15-9-11(7-13-2)8-14-18(15,16)17/h3-6,11,13-14H,7-9H2,1-2H3. The van der Waals surface area contributed by atoms with E-state index in [1.807, 2.05) is 38.2 Å². The molecule has 1 fully saturated rings. The molecule has 1 unspecified atom stereocenters. The van der Waals surface area contributed by atoms with Gasteiger partial charge in [0.1, 0.15) is 0 Å². The van der Waals surface area contributed by atoms with Crippen molar-refractivity contribution in [2.45, 2.75) is 6.92 Å². The smallest absolute Gasteiger partial charge is 0.301 e. The molecule has 1 aliphatic rings. The Labute approximate surface area is 108 Å². The lowest BCUT2D eigenvalue weighted by Gasteiger charge is -2.34. The number of para-hydroxylation sites is 1. The third kappa shape index (κ3) is 2.66. The minimum absolute atomic E-state index is 0.276. The highest BCUT2D eigenvalue weighted by Crippen LogP contribution is 2.25. The average Bonchev–Trinajstić information content (AvgIpc) is 2.33. The summed E-state index contributed by atoms with van der Waals surface area (Å²) in [6.45, 7) is 3.73. The van der Waals surface area contributed by atoms with E-state index in [1.165, 1.54) is 4.31 Å². The molecular formula is C12H19N3O2S. The summed E-state index contributed by atoms with van der Waals surface area (Å²) in [4.78, 5) is 0. The van der Waals surface area contributed by atoms with Crippen molar-refractivity contribution in [1.29, 1.82) is 0 Å². The average molecular weight is 269 g/mol. The summed E-state index contributed by atoms with van der Waals surface area (Å²) in [5.41, 5.74) is 1.72. The second kappa shape index (κ2) is 5.26. The molecule has 1 atom stereocenters. The topological polar surface area (TPSA) is 61.4 Å². The van der Waals surface area contributed by atoms with Gasteiger partial charge in [-0.3, -0.25) is 4.31 Å². The Morgan fingerprint density at radius 1 is 1.44 bits per heavy atom. The van der Waals surface area contributed by atoms with Crippen LogP contribution in [0.5, 0.6) is 0 Å². The molecule has 0 aromatic heterocycles. The summed E-state index contributed by atoms with van der Waals surface area (Å²) in [6.07, 6.45) is 0. The van der Waals surface area contributed by atoms with Crippen molar-refractivity contribution in [2.24, 2.45) is 5.92 Å². The quantitative estimate of drug-likeness (QED) is 0.839. The van der Waals surface area contributed by atoms with Crippen LogP contribution in [-0.4, -0.2) is 35.1 Å². The van der Waals surface area contributed by atoms with Crippen LogP contribution < -0.4 is 14.3 Å². The van der Waals surface area contributed by atoms with Gasteiger partial charge in [0.25, 0.3) is 0 Å². The largest absolute Gasteiger partial charge is 0.319 e. The summed E-state index contributed by atoms with van der Waals surface area (Å²) in [5.74, 6) is 0.276. The number of hydrogen-bond acceptors (Lipinski definition) is 3. The Kier molecular flexibility index (Phi) is 3.89. The maximum absolute atomic E-state index is 12.1. The molecule has 1 heterocycles. The van der Waals surface area contributed by atoms with E-state index in [2.05, 4.69) is 10.0 Å². The molecule has 100 valence electrons. The van der Waals surface area contributed by atoms with Crippen molar-refractivity contribution in [3.63, 3.8) is 0 Å². The van der Waals surface area contributed by atoms with Crippen LogP contribution in [0.25, 0.3) is 0 Å². The van der Waals surface area contributed by atoms with Gasteiger partial charge in [0.2, 0.25) is 0 Å². The minimum Gasteiger partial charge on any atom is -0.319 e. The van der Waals surface area contributed by atoms with Gasteiger partial charge in [-0.15, -0.1) is 0 Å². The predicted octanol–water partition coefficient (Wildman–Crippen LogP) is 0.485. The lowest BCUT2D eigenvalue weighted by Crippen LogP contribution is -2.53. The SMILES string of the molecule is CNCC1CNS(=O)(=O)N(c2ccccc2C)C1. The van der Waals surface area contributed by atoms with Crippen LogP contribution in [0.1, 0.15) is 5.56 Å². The zero-order valence-electron chi connectivity index (χ0n) is 10.7. The molecule has 2 N–H and O–H groups in total. The van der Waals surface area contributed by atoms with E-state index in [-0.39, 0.29) is 5.92 Å². The fourth-order valence-electron chi connectivity index (χ4n) is 2.19. The summed E-state index contributed by atoms with van der Waals surface area (Å²) < 4.78 is 28.3. The number of anilines is 1. The monoisotopic (exact) mass is 269 g/mol. The molecule has 1 aromatic rings. The second-order valence-corrected chi connectivity index (χ2v) is 6.27. The number of rotatable bonds is 3. The first-order valence-corrected chi connectivity index (χ1v) is 7.46. The fraction of sp³-hybridized carbons (Fsp3) is 0.500. The molecule has 1 aliphatic heterocycles. The molecule has 0 aliphatic carbocycles. The fourth-order valence-corrected chi connectivity index (χ4v) is 3.67. The number of benzene rings is 1. The summed E-state index contributed by atoms with van der Waals surface area (Å²) in [6, 6.07) is 7.54. The first-order valence-electron chi connectivity index (χ1n) is 6.02. The molecule has 6 heteroatoms. The van der Waals surface area contributed by atoms with Crippen molar-refractivity contribution in [1.82, 2.24) is 10.0 Å². The van der Waals surface area contributed by atoms with Gasteiger partial charge in [-0.25, -0.2) is 0 Å². The maximum Gasteiger partial charge on any atom is 0.301 e. The third-order valence-corrected chi connectivity index (χ3v) is 4.60. The van der Waals surface area contributed by atoms with Crippen molar-refractivity contribution in [3.05, 3.63) is 29.8 Å². The van der Waals surface area contributed by atoms with Gasteiger partial charge < -0.3 is 5.32 Å². The number of hydrogen-bond donors (Lipinski definition) is 2. The van der Waals surface area contributed by atoms with Gasteiger partial charge in [0.05, 0.1) is 5.69 Å². The van der Waals surface area contributed by atoms with E-state index in [1.54, 1.807) is 0 Å². The molecular weight excluding hydrogens is 250 g/mol. The molecule has 1 saturated heterocycles. The Balaban J connectivity index is 2.30. The lowest BCUT2D eigenvalue weighted by atomic mass is 10.1. The van der Waals surface area contributed by atoms with Crippen LogP contribution >= 0.6 is 0 Å². The molecule has 0 amide bonds. The molecule has 18 heavy (non-hydrogen) atoms. The van der Waals surface area contributed by atoms with Crippen LogP contribution in [0.15, 0.2) is 24.3 Å². The molecule has 5 nitrogen and oxygen atoms in total. The molecule has 0 radical (unpaired) electrons. The van der Waals surface area contributed by atoms with Gasteiger partial charge in [0.15, 0.2) is 0 Å².